The molecule has 1 heterocycles. The molecule has 0 aliphatic heterocycles. The Morgan fingerprint density at radius 3 is 2.46 bits per heavy atom. The van der Waals surface area contributed by atoms with Crippen LogP contribution in [0.25, 0.3) is 5.69 Å². The van der Waals surface area contributed by atoms with Gasteiger partial charge in [0.25, 0.3) is 0 Å². The average molecular weight is 321 g/mol. The van der Waals surface area contributed by atoms with Crippen LogP contribution in [0.15, 0.2) is 48.5 Å². The molecule has 0 aliphatic rings. The zero-order chi connectivity index (χ0) is 17.1. The predicted octanol–water partition coefficient (Wildman–Crippen LogP) is 3.55. The van der Waals surface area contributed by atoms with E-state index in [0.717, 1.165) is 22.4 Å². The Morgan fingerprint density at radius 2 is 1.75 bits per heavy atom. The highest BCUT2D eigenvalue weighted by molar-refractivity contribution is 5.88. The summed E-state index contributed by atoms with van der Waals surface area (Å²) in [5.74, 6) is -0.464. The lowest BCUT2D eigenvalue weighted by atomic mass is 10.1. The van der Waals surface area contributed by atoms with Gasteiger partial charge < -0.3 is 4.74 Å². The summed E-state index contributed by atoms with van der Waals surface area (Å²) in [5.41, 5.74) is 5.00. The van der Waals surface area contributed by atoms with E-state index in [2.05, 4.69) is 10.3 Å². The molecule has 0 N–H and O–H groups in total. The van der Waals surface area contributed by atoms with Gasteiger partial charge in [-0.1, -0.05) is 47.2 Å². The second-order valence-corrected chi connectivity index (χ2v) is 5.77. The van der Waals surface area contributed by atoms with Gasteiger partial charge in [0.15, 0.2) is 5.69 Å². The number of nitrogens with zero attached hydrogens (tertiary/aromatic N) is 3. The minimum absolute atomic E-state index is 0.225. The fourth-order valence-corrected chi connectivity index (χ4v) is 2.43. The lowest BCUT2D eigenvalue weighted by Gasteiger charge is -2.07. The molecule has 122 valence electrons. The predicted molar refractivity (Wildman–Crippen MR) is 91.1 cm³/mol. The van der Waals surface area contributed by atoms with E-state index in [0.29, 0.717) is 5.69 Å². The molecular formula is C19H19N3O2. The maximum atomic E-state index is 12.3. The average Bonchev–Trinajstić information content (AvgIpc) is 2.96. The smallest absolute Gasteiger partial charge is 0.361 e. The molecule has 0 fully saturated rings. The molecule has 1 aromatic heterocycles. The second-order valence-electron chi connectivity index (χ2n) is 5.77. The molecule has 5 nitrogen and oxygen atoms in total. The van der Waals surface area contributed by atoms with Crippen LogP contribution < -0.4 is 0 Å². The summed E-state index contributed by atoms with van der Waals surface area (Å²) in [7, 11) is 0. The largest absolute Gasteiger partial charge is 0.456 e. The molecule has 24 heavy (non-hydrogen) atoms. The Hall–Kier alpha value is -2.95. The van der Waals surface area contributed by atoms with Gasteiger partial charge in [-0.05, 0) is 44.0 Å². The first kappa shape index (κ1) is 15.9. The summed E-state index contributed by atoms with van der Waals surface area (Å²) in [4.78, 5) is 12.3. The number of hydrogen-bond acceptors (Lipinski definition) is 4. The molecule has 0 saturated heterocycles. The molecule has 0 unspecified atom stereocenters. The molecule has 0 spiro atoms. The first-order chi connectivity index (χ1) is 11.6. The third kappa shape index (κ3) is 3.20. The third-order valence-electron chi connectivity index (χ3n) is 3.99. The molecule has 0 aliphatic carbocycles. The van der Waals surface area contributed by atoms with Crippen molar-refractivity contribution in [1.82, 2.24) is 15.0 Å². The van der Waals surface area contributed by atoms with Crippen molar-refractivity contribution in [2.75, 3.05) is 0 Å². The fraction of sp³-hybridized carbons (Fsp3) is 0.211. The van der Waals surface area contributed by atoms with Crippen molar-refractivity contribution in [1.29, 1.82) is 0 Å². The van der Waals surface area contributed by atoms with Crippen LogP contribution in [-0.2, 0) is 11.3 Å². The van der Waals surface area contributed by atoms with Gasteiger partial charge in [-0.15, -0.1) is 5.10 Å². The molecule has 2 aromatic carbocycles. The zero-order valence-corrected chi connectivity index (χ0v) is 14.0. The Kier molecular flexibility index (Phi) is 4.42. The Balaban J connectivity index is 1.76. The number of hydrogen-bond donors (Lipinski definition) is 0. The third-order valence-corrected chi connectivity index (χ3v) is 3.99. The minimum atomic E-state index is -0.464. The summed E-state index contributed by atoms with van der Waals surface area (Å²) in [6.45, 7) is 6.04. The van der Waals surface area contributed by atoms with Crippen molar-refractivity contribution >= 4 is 5.97 Å². The SMILES string of the molecule is Cc1ccc(-n2nnc(C(=O)OCc3ccccc3C)c2C)cc1. The van der Waals surface area contributed by atoms with Crippen LogP contribution in [0.1, 0.15) is 32.9 Å². The van der Waals surface area contributed by atoms with Crippen LogP contribution in [0.5, 0.6) is 0 Å². The van der Waals surface area contributed by atoms with Gasteiger partial charge in [0.2, 0.25) is 0 Å². The van der Waals surface area contributed by atoms with E-state index >= 15 is 0 Å². The van der Waals surface area contributed by atoms with Crippen LogP contribution in [-0.4, -0.2) is 21.0 Å². The van der Waals surface area contributed by atoms with E-state index in [1.54, 1.807) is 4.68 Å². The highest BCUT2D eigenvalue weighted by Gasteiger charge is 2.19. The van der Waals surface area contributed by atoms with E-state index in [9.17, 15) is 4.79 Å². The molecule has 3 rings (SSSR count). The van der Waals surface area contributed by atoms with Crippen LogP contribution in [0, 0.1) is 20.8 Å². The van der Waals surface area contributed by atoms with Crippen molar-refractivity contribution in [3.63, 3.8) is 0 Å². The number of rotatable bonds is 4. The van der Waals surface area contributed by atoms with Gasteiger partial charge in [0.05, 0.1) is 11.4 Å². The van der Waals surface area contributed by atoms with Crippen LogP contribution >= 0.6 is 0 Å². The minimum Gasteiger partial charge on any atom is -0.456 e. The number of carbonyl (C=O) groups excluding carboxylic acids is 1. The van der Waals surface area contributed by atoms with Gasteiger partial charge in [-0.2, -0.15) is 0 Å². The maximum Gasteiger partial charge on any atom is 0.361 e. The number of carbonyl (C=O) groups is 1. The molecule has 5 heteroatoms. The Morgan fingerprint density at radius 1 is 1.04 bits per heavy atom. The molecule has 0 amide bonds. The van der Waals surface area contributed by atoms with Crippen molar-refractivity contribution in [3.05, 3.63) is 76.6 Å². The quantitative estimate of drug-likeness (QED) is 0.690. The van der Waals surface area contributed by atoms with Crippen LogP contribution in [0.2, 0.25) is 0 Å². The van der Waals surface area contributed by atoms with E-state index < -0.39 is 5.97 Å². The van der Waals surface area contributed by atoms with Crippen LogP contribution in [0.4, 0.5) is 0 Å². The van der Waals surface area contributed by atoms with Gasteiger partial charge in [0.1, 0.15) is 6.61 Å². The summed E-state index contributed by atoms with van der Waals surface area (Å²) in [6.07, 6.45) is 0. The highest BCUT2D eigenvalue weighted by Crippen LogP contribution is 2.15. The number of benzene rings is 2. The first-order valence-corrected chi connectivity index (χ1v) is 7.77. The molecule has 3 aromatic rings. The van der Waals surface area contributed by atoms with E-state index in [1.165, 1.54) is 0 Å². The van der Waals surface area contributed by atoms with Gasteiger partial charge >= 0.3 is 5.97 Å². The van der Waals surface area contributed by atoms with Crippen molar-refractivity contribution < 1.29 is 9.53 Å². The molecule has 0 bridgehead atoms. The molecule has 0 saturated carbocycles. The number of ether oxygens (including phenoxy) is 1. The summed E-state index contributed by atoms with van der Waals surface area (Å²) in [6, 6.07) is 15.7. The molecular weight excluding hydrogens is 302 g/mol. The second kappa shape index (κ2) is 6.66. The molecule has 0 radical (unpaired) electrons. The van der Waals surface area contributed by atoms with Gasteiger partial charge in [-0.25, -0.2) is 9.48 Å². The first-order valence-electron chi connectivity index (χ1n) is 7.77. The van der Waals surface area contributed by atoms with E-state index in [1.807, 2.05) is 69.3 Å². The Labute approximate surface area is 140 Å². The maximum absolute atomic E-state index is 12.3. The number of esters is 1. The summed E-state index contributed by atoms with van der Waals surface area (Å²) >= 11 is 0. The van der Waals surface area contributed by atoms with Crippen LogP contribution in [0.3, 0.4) is 0 Å². The van der Waals surface area contributed by atoms with E-state index in [-0.39, 0.29) is 12.3 Å². The number of aryl methyl sites for hydroxylation is 2. The monoisotopic (exact) mass is 321 g/mol. The van der Waals surface area contributed by atoms with Crippen molar-refractivity contribution in [2.24, 2.45) is 0 Å². The molecule has 0 atom stereocenters. The fourth-order valence-electron chi connectivity index (χ4n) is 2.43. The summed E-state index contributed by atoms with van der Waals surface area (Å²) < 4.78 is 7.03. The van der Waals surface area contributed by atoms with Crippen molar-refractivity contribution in [2.45, 2.75) is 27.4 Å². The lowest BCUT2D eigenvalue weighted by Crippen LogP contribution is -2.09. The zero-order valence-electron chi connectivity index (χ0n) is 14.0. The normalized spacial score (nSPS) is 10.6. The van der Waals surface area contributed by atoms with Crippen molar-refractivity contribution in [3.8, 4) is 5.69 Å². The Bertz CT molecular complexity index is 867. The van der Waals surface area contributed by atoms with Gasteiger partial charge in [-0.3, -0.25) is 0 Å². The lowest BCUT2D eigenvalue weighted by molar-refractivity contribution is 0.0464. The highest BCUT2D eigenvalue weighted by atomic mass is 16.5. The topological polar surface area (TPSA) is 57.0 Å². The summed E-state index contributed by atoms with van der Waals surface area (Å²) in [5, 5.41) is 8.06. The standard InChI is InChI=1S/C19H19N3O2/c1-13-8-10-17(11-9-13)22-15(3)18(20-21-22)19(23)24-12-16-7-5-4-6-14(16)2/h4-11H,12H2,1-3H3. The van der Waals surface area contributed by atoms with Gasteiger partial charge in [0, 0.05) is 0 Å². The number of aromatic nitrogens is 3. The van der Waals surface area contributed by atoms with E-state index in [4.69, 9.17) is 4.74 Å².